The molecule has 0 aliphatic carbocycles. The molecule has 17 atom stereocenters. The second kappa shape index (κ2) is 55.1. The van der Waals surface area contributed by atoms with Crippen LogP contribution >= 0.6 is 7.82 Å². The lowest BCUT2D eigenvalue weighted by atomic mass is 9.95. The Hall–Kier alpha value is -3.42. The number of allylic oxidation sites excluding steroid dienone is 4. The van der Waals surface area contributed by atoms with Gasteiger partial charge in [0.15, 0.2) is 25.0 Å². The summed E-state index contributed by atoms with van der Waals surface area (Å²) in [7, 11) is -3.05. The highest BCUT2D eigenvalue weighted by Gasteiger charge is 2.54. The number of ether oxygens (including phenoxy) is 8. The molecule has 2 amide bonds. The van der Waals surface area contributed by atoms with Gasteiger partial charge < -0.3 is 89.4 Å². The molecular formula is C72H129N2O25P. The maximum atomic E-state index is 13.5. The van der Waals surface area contributed by atoms with Crippen LogP contribution in [0.25, 0.3) is 0 Å². The molecule has 0 saturated carbocycles. The van der Waals surface area contributed by atoms with Crippen LogP contribution in [0.4, 0.5) is 0 Å². The Balaban J connectivity index is 1.39. The van der Waals surface area contributed by atoms with Crippen LogP contribution in [0.1, 0.15) is 252 Å². The predicted molar refractivity (Wildman–Crippen MR) is 372 cm³/mol. The zero-order chi connectivity index (χ0) is 73.3. The van der Waals surface area contributed by atoms with Gasteiger partial charge in [-0.05, 0) is 96.8 Å². The Morgan fingerprint density at radius 1 is 0.500 bits per heavy atom. The first-order valence-corrected chi connectivity index (χ1v) is 39.0. The van der Waals surface area contributed by atoms with Gasteiger partial charge in [0.2, 0.25) is 11.8 Å². The monoisotopic (exact) mass is 1450 g/mol. The van der Waals surface area contributed by atoms with Gasteiger partial charge in [-0.3, -0.25) is 37.5 Å². The van der Waals surface area contributed by atoms with Crippen LogP contribution in [0.15, 0.2) is 24.3 Å². The second-order valence-corrected chi connectivity index (χ2v) is 28.5. The minimum Gasteiger partial charge on any atom is -0.462 e. The van der Waals surface area contributed by atoms with E-state index in [0.717, 1.165) is 84.2 Å². The number of rotatable bonds is 59. The molecule has 3 aliphatic rings. The van der Waals surface area contributed by atoms with Gasteiger partial charge >= 0.3 is 19.8 Å². The minimum atomic E-state index is -4.20. The largest absolute Gasteiger partial charge is 0.474 e. The van der Waals surface area contributed by atoms with Crippen LogP contribution in [0.5, 0.6) is 0 Å². The predicted octanol–water partition coefficient (Wildman–Crippen LogP) is 8.36. The van der Waals surface area contributed by atoms with E-state index in [0.29, 0.717) is 25.7 Å². The molecule has 582 valence electrons. The topological polar surface area (TPSA) is 390 Å². The van der Waals surface area contributed by atoms with E-state index < -0.39 is 144 Å². The molecule has 3 saturated heterocycles. The maximum Gasteiger partial charge on any atom is 0.474 e. The van der Waals surface area contributed by atoms with Crippen molar-refractivity contribution < 1.29 is 121 Å². The number of Topliss-reactive ketones (excluding diaryl/α,β-unsaturated/α-hetero) is 1. The van der Waals surface area contributed by atoms with Crippen LogP contribution in [0.3, 0.4) is 0 Å². The molecule has 27 nitrogen and oxygen atoms in total. The summed E-state index contributed by atoms with van der Waals surface area (Å²) in [5, 5.41) is 90.3. The van der Waals surface area contributed by atoms with Crippen LogP contribution in [-0.4, -0.2) is 222 Å². The number of phosphoric ester groups is 1. The van der Waals surface area contributed by atoms with E-state index in [1.807, 2.05) is 0 Å². The number of unbranched alkanes of at least 4 members (excludes halogenated alkanes) is 23. The van der Waals surface area contributed by atoms with Crippen molar-refractivity contribution in [3.8, 4) is 0 Å². The van der Waals surface area contributed by atoms with Gasteiger partial charge in [-0.1, -0.05) is 141 Å². The Kier molecular flexibility index (Phi) is 50.0. The zero-order valence-corrected chi connectivity index (χ0v) is 61.6. The molecule has 0 radical (unpaired) electrons. The summed E-state index contributed by atoms with van der Waals surface area (Å²) >= 11 is 0. The number of amides is 2. The number of aliphatic hydroxyl groups is 8. The Labute approximate surface area is 594 Å². The molecular weight excluding hydrogens is 1320 g/mol. The van der Waals surface area contributed by atoms with E-state index in [1.165, 1.54) is 90.9 Å². The molecule has 7 unspecified atom stereocenters. The molecule has 0 spiro atoms. The number of carbonyl (C=O) groups excluding carboxylic acids is 5. The zero-order valence-electron chi connectivity index (χ0n) is 60.7. The third kappa shape index (κ3) is 38.0. The Morgan fingerprint density at radius 3 is 1.57 bits per heavy atom. The van der Waals surface area contributed by atoms with Gasteiger partial charge in [0, 0.05) is 52.7 Å². The van der Waals surface area contributed by atoms with Crippen LogP contribution in [0.2, 0.25) is 0 Å². The van der Waals surface area contributed by atoms with Gasteiger partial charge in [-0.2, -0.15) is 0 Å². The standard InChI is InChI=1S/C72H129N2O25P/c1-6-8-10-12-14-16-18-20-22-24-26-28-30-32-34-43-59(80)91-50-55(95-60(81)44-35-33-31-29-27-25-23-21-19-17-15-13-11-9-7-2)51-93-100(88,89-5)92-47-38-41-54(78)40-36-37-42-58(79)73-45-39-46-90-70-61(74-53(4)77)64(84)68(57(49-76)97-70)98-72-69(66(86)63(83)56(48-75)96-72)99-71-67(87)65(85)62(82)52(3)94-71/h20-23,52,55-57,61-72,75-76,82-87H,6-19,24-51H2,1-5H3,(H,73,79)(H,74,77)/b22-20+,23-21-/t52?,55-,56?,57+,61?,62-,63-,64?,65+,66-,67?,68+,69?,70-,71-,72-,100?/m0/s1. The minimum absolute atomic E-state index is 0.0713. The summed E-state index contributed by atoms with van der Waals surface area (Å²) in [5.41, 5.74) is 0. The lowest BCUT2D eigenvalue weighted by Crippen LogP contribution is -2.68. The number of hydrogen-bond acceptors (Lipinski definition) is 25. The maximum absolute atomic E-state index is 13.5. The summed E-state index contributed by atoms with van der Waals surface area (Å²) in [5.74, 6) is -1.95. The number of nitrogens with one attached hydrogen (secondary N) is 2. The molecule has 100 heavy (non-hydrogen) atoms. The van der Waals surface area contributed by atoms with E-state index >= 15 is 0 Å². The number of carbonyl (C=O) groups is 5. The van der Waals surface area contributed by atoms with Gasteiger partial charge in [0.25, 0.3) is 0 Å². The smallest absolute Gasteiger partial charge is 0.462 e. The fourth-order valence-corrected chi connectivity index (χ4v) is 12.9. The van der Waals surface area contributed by atoms with E-state index in [1.54, 1.807) is 0 Å². The first kappa shape index (κ1) is 90.8. The number of aliphatic hydroxyl groups excluding tert-OH is 8. The van der Waals surface area contributed by atoms with Crippen molar-refractivity contribution in [1.82, 2.24) is 10.6 Å². The molecule has 3 rings (SSSR count). The Morgan fingerprint density at radius 2 is 1.01 bits per heavy atom. The van der Waals surface area contributed by atoms with Gasteiger partial charge in [0.1, 0.15) is 79.5 Å². The van der Waals surface area contributed by atoms with Crippen molar-refractivity contribution >= 4 is 37.4 Å². The third-order valence-corrected chi connectivity index (χ3v) is 19.4. The second-order valence-electron chi connectivity index (χ2n) is 26.7. The normalized spacial score (nSPS) is 26.6. The lowest BCUT2D eigenvalue weighted by Gasteiger charge is -2.49. The number of ketones is 1. The highest BCUT2D eigenvalue weighted by atomic mass is 31.2. The number of esters is 2. The molecule has 10 N–H and O–H groups in total. The quantitative estimate of drug-likeness (QED) is 0.0118. The highest BCUT2D eigenvalue weighted by Crippen LogP contribution is 2.49. The first-order valence-electron chi connectivity index (χ1n) is 37.6. The van der Waals surface area contributed by atoms with Gasteiger partial charge in [-0.25, -0.2) is 4.57 Å². The van der Waals surface area contributed by atoms with Crippen molar-refractivity contribution in [2.75, 3.05) is 53.3 Å². The molecule has 3 fully saturated rings. The number of hydrogen-bond donors (Lipinski definition) is 10. The summed E-state index contributed by atoms with van der Waals surface area (Å²) < 4.78 is 75.9. The average molecular weight is 1450 g/mol. The molecule has 3 heterocycles. The van der Waals surface area contributed by atoms with Crippen LogP contribution < -0.4 is 10.6 Å². The van der Waals surface area contributed by atoms with Gasteiger partial charge in [-0.15, -0.1) is 0 Å². The lowest BCUT2D eigenvalue weighted by molar-refractivity contribution is -0.382. The van der Waals surface area contributed by atoms with Crippen molar-refractivity contribution in [2.24, 2.45) is 0 Å². The fourth-order valence-electron chi connectivity index (χ4n) is 11.9. The van der Waals surface area contributed by atoms with Gasteiger partial charge in [0.05, 0.1) is 39.1 Å². The number of phosphoric acid groups is 1. The molecule has 0 aromatic rings. The van der Waals surface area contributed by atoms with E-state index in [-0.39, 0.29) is 83.0 Å². The Bertz CT molecular complexity index is 2290. The molecule has 28 heteroatoms. The highest BCUT2D eigenvalue weighted by molar-refractivity contribution is 7.48. The molecule has 0 aromatic heterocycles. The summed E-state index contributed by atoms with van der Waals surface area (Å²) in [4.78, 5) is 63.8. The van der Waals surface area contributed by atoms with Crippen molar-refractivity contribution in [3.63, 3.8) is 0 Å². The third-order valence-electron chi connectivity index (χ3n) is 18.0. The first-order chi connectivity index (χ1) is 48.2. The van der Waals surface area contributed by atoms with E-state index in [4.69, 9.17) is 51.5 Å². The van der Waals surface area contributed by atoms with E-state index in [2.05, 4.69) is 48.8 Å². The fraction of sp³-hybridized carbons (Fsp3) is 0.875. The van der Waals surface area contributed by atoms with Crippen molar-refractivity contribution in [2.45, 2.75) is 351 Å². The molecule has 3 aliphatic heterocycles. The summed E-state index contributed by atoms with van der Waals surface area (Å²) in [6.45, 7) is 4.58. The average Bonchev–Trinajstić information content (AvgIpc) is 0.775. The van der Waals surface area contributed by atoms with Crippen molar-refractivity contribution in [1.29, 1.82) is 0 Å². The molecule has 0 aromatic carbocycles. The van der Waals surface area contributed by atoms with Crippen molar-refractivity contribution in [3.05, 3.63) is 24.3 Å². The van der Waals surface area contributed by atoms with E-state index in [9.17, 15) is 69.4 Å². The summed E-state index contributed by atoms with van der Waals surface area (Å²) in [6, 6.07) is -1.34. The SMILES string of the molecule is CCCCCCCC/C=C\CCCCCCCC(=O)O[C@@H](COC(=O)CCCCCCC/C=C/CCCCCCCC)COP(=O)(OC)OCCCC(=O)CCCCC(=O)NCCCO[C@H]1O[C@H](CO)[C@@H](O[C@@H]2OC(CO)[C@H](O)[C@H](O)C2O[C@@H]2OC(C)[C@H](O)[C@@H](O)C2O)C(O)C1NC(C)=O. The van der Waals surface area contributed by atoms with Crippen LogP contribution in [-0.2, 0) is 80.0 Å². The summed E-state index contributed by atoms with van der Waals surface area (Å²) in [6.07, 6.45) is 16.7. The van der Waals surface area contributed by atoms with Crippen LogP contribution in [0, 0.1) is 0 Å². The molecule has 0 bridgehead atoms.